The summed E-state index contributed by atoms with van der Waals surface area (Å²) in [6.45, 7) is -0.198. The molecule has 0 aliphatic carbocycles. The summed E-state index contributed by atoms with van der Waals surface area (Å²) in [6.07, 6.45) is 1.05. The van der Waals surface area contributed by atoms with Crippen molar-refractivity contribution in [2.45, 2.75) is 6.61 Å². The molecule has 11 heteroatoms. The molecule has 0 saturated heterocycles. The number of sulfonamides is 1. The van der Waals surface area contributed by atoms with Gasteiger partial charge >= 0.3 is 0 Å². The van der Waals surface area contributed by atoms with Crippen LogP contribution in [0.1, 0.15) is 5.89 Å². The van der Waals surface area contributed by atoms with Gasteiger partial charge in [-0.3, -0.25) is 9.52 Å². The molecule has 0 saturated carbocycles. The van der Waals surface area contributed by atoms with Crippen LogP contribution in [0.2, 0.25) is 0 Å². The van der Waals surface area contributed by atoms with E-state index in [1.54, 1.807) is 36.4 Å². The molecule has 0 aliphatic heterocycles. The van der Waals surface area contributed by atoms with Crippen LogP contribution >= 0.6 is 0 Å². The van der Waals surface area contributed by atoms with Gasteiger partial charge in [-0.1, -0.05) is 24.3 Å². The topological polar surface area (TPSA) is 125 Å². The van der Waals surface area contributed by atoms with E-state index >= 15 is 0 Å². The van der Waals surface area contributed by atoms with Gasteiger partial charge in [0.2, 0.25) is 21.3 Å². The number of halogens is 1. The van der Waals surface area contributed by atoms with Crippen molar-refractivity contribution in [3.8, 4) is 28.5 Å². The Morgan fingerprint density at radius 2 is 1.61 bits per heavy atom. The first-order valence-corrected chi connectivity index (χ1v) is 12.5. The number of hydrogen-bond donors (Lipinski definition) is 1. The highest BCUT2D eigenvalue weighted by Crippen LogP contribution is 2.32. The second-order valence-electron chi connectivity index (χ2n) is 7.84. The van der Waals surface area contributed by atoms with Gasteiger partial charge in [0.15, 0.2) is 6.61 Å². The SMILES string of the molecule is CS(=O)(=O)Nc1ccc(-c2c(OCc3nnc(-c4ccc(F)cc4)o3)oc3ccccc3c2=O)cc1. The maximum Gasteiger partial charge on any atom is 0.297 e. The Kier molecular flexibility index (Phi) is 5.98. The van der Waals surface area contributed by atoms with Crippen molar-refractivity contribution in [1.29, 1.82) is 0 Å². The van der Waals surface area contributed by atoms with E-state index in [9.17, 15) is 17.6 Å². The van der Waals surface area contributed by atoms with E-state index < -0.39 is 10.0 Å². The molecule has 0 bridgehead atoms. The van der Waals surface area contributed by atoms with Crippen LogP contribution in [0.15, 0.2) is 86.4 Å². The van der Waals surface area contributed by atoms with Gasteiger partial charge < -0.3 is 13.6 Å². The van der Waals surface area contributed by atoms with Gasteiger partial charge in [-0.15, -0.1) is 10.2 Å². The van der Waals surface area contributed by atoms with Crippen LogP contribution in [0, 0.1) is 5.82 Å². The van der Waals surface area contributed by atoms with Crippen molar-refractivity contribution in [2.75, 3.05) is 11.0 Å². The van der Waals surface area contributed by atoms with Gasteiger partial charge in [-0.2, -0.15) is 0 Å². The number of hydrogen-bond acceptors (Lipinski definition) is 8. The second kappa shape index (κ2) is 9.27. The van der Waals surface area contributed by atoms with Crippen molar-refractivity contribution >= 4 is 26.7 Å². The molecule has 0 radical (unpaired) electrons. The second-order valence-corrected chi connectivity index (χ2v) is 9.59. The Labute approximate surface area is 204 Å². The summed E-state index contributed by atoms with van der Waals surface area (Å²) in [5.74, 6) is -0.156. The lowest BCUT2D eigenvalue weighted by Crippen LogP contribution is -2.10. The summed E-state index contributed by atoms with van der Waals surface area (Å²) in [7, 11) is -3.46. The van der Waals surface area contributed by atoms with Crippen LogP contribution in [-0.4, -0.2) is 24.9 Å². The predicted molar refractivity (Wildman–Crippen MR) is 130 cm³/mol. The maximum atomic E-state index is 13.4. The lowest BCUT2D eigenvalue weighted by molar-refractivity contribution is 0.211. The van der Waals surface area contributed by atoms with Crippen molar-refractivity contribution < 1.29 is 26.4 Å². The molecule has 1 N–H and O–H groups in total. The first-order valence-electron chi connectivity index (χ1n) is 10.6. The first kappa shape index (κ1) is 23.2. The van der Waals surface area contributed by atoms with Crippen LogP contribution in [0.5, 0.6) is 5.95 Å². The minimum atomic E-state index is -3.46. The Bertz CT molecular complexity index is 1710. The van der Waals surface area contributed by atoms with Crippen LogP contribution in [-0.2, 0) is 16.6 Å². The summed E-state index contributed by atoms with van der Waals surface area (Å²) >= 11 is 0. The fraction of sp³-hybridized carbons (Fsp3) is 0.0800. The molecular weight excluding hydrogens is 489 g/mol. The van der Waals surface area contributed by atoms with Crippen molar-refractivity contribution in [3.05, 3.63) is 94.7 Å². The van der Waals surface area contributed by atoms with E-state index in [4.69, 9.17) is 13.6 Å². The molecule has 5 rings (SSSR count). The zero-order valence-electron chi connectivity index (χ0n) is 18.8. The molecule has 0 amide bonds. The molecule has 36 heavy (non-hydrogen) atoms. The number of aromatic nitrogens is 2. The number of ether oxygens (including phenoxy) is 1. The fourth-order valence-electron chi connectivity index (χ4n) is 3.54. The average molecular weight is 507 g/mol. The molecule has 0 atom stereocenters. The van der Waals surface area contributed by atoms with E-state index in [0.29, 0.717) is 27.8 Å². The molecule has 182 valence electrons. The smallest absolute Gasteiger partial charge is 0.297 e. The summed E-state index contributed by atoms with van der Waals surface area (Å²) in [5, 5.41) is 8.25. The van der Waals surface area contributed by atoms with Crippen molar-refractivity contribution in [1.82, 2.24) is 10.2 Å². The van der Waals surface area contributed by atoms with Crippen LogP contribution in [0.4, 0.5) is 10.1 Å². The minimum absolute atomic E-state index is 0.0657. The van der Waals surface area contributed by atoms with Crippen molar-refractivity contribution in [3.63, 3.8) is 0 Å². The summed E-state index contributed by atoms with van der Waals surface area (Å²) in [4.78, 5) is 13.4. The van der Waals surface area contributed by atoms with E-state index in [1.807, 2.05) is 0 Å². The molecule has 9 nitrogen and oxygen atoms in total. The summed E-state index contributed by atoms with van der Waals surface area (Å²) < 4.78 is 55.9. The zero-order chi connectivity index (χ0) is 25.3. The monoisotopic (exact) mass is 507 g/mol. The van der Waals surface area contributed by atoms with Crippen LogP contribution in [0.25, 0.3) is 33.6 Å². The predicted octanol–water partition coefficient (Wildman–Crippen LogP) is 4.60. The normalized spacial score (nSPS) is 11.5. The zero-order valence-corrected chi connectivity index (χ0v) is 19.6. The average Bonchev–Trinajstić information content (AvgIpc) is 3.32. The molecular formula is C25H18FN3O6S. The standard InChI is InChI=1S/C25H18FN3O6S/c1-36(31,32)29-18-12-8-15(9-13-18)22-23(30)19-4-2-3-5-20(19)34-25(22)33-14-21-27-28-24(35-21)16-6-10-17(26)11-7-16/h2-13,29H,14H2,1H3. The highest BCUT2D eigenvalue weighted by atomic mass is 32.2. The number of anilines is 1. The maximum absolute atomic E-state index is 13.4. The van der Waals surface area contributed by atoms with Gasteiger partial charge in [-0.25, -0.2) is 12.8 Å². The lowest BCUT2D eigenvalue weighted by atomic mass is 10.0. The molecule has 2 aromatic heterocycles. The Morgan fingerprint density at radius 1 is 0.917 bits per heavy atom. The number of fused-ring (bicyclic) bond motifs is 1. The molecule has 3 aromatic carbocycles. The molecule has 0 fully saturated rings. The van der Waals surface area contributed by atoms with Gasteiger partial charge in [0.25, 0.3) is 11.8 Å². The number of rotatable bonds is 7. The largest absolute Gasteiger partial charge is 0.455 e. The van der Waals surface area contributed by atoms with Crippen molar-refractivity contribution in [2.24, 2.45) is 0 Å². The number of nitrogens with one attached hydrogen (secondary N) is 1. The van der Waals surface area contributed by atoms with Gasteiger partial charge in [-0.05, 0) is 54.1 Å². The van der Waals surface area contributed by atoms with E-state index in [1.165, 1.54) is 36.4 Å². The minimum Gasteiger partial charge on any atom is -0.455 e. The van der Waals surface area contributed by atoms with Gasteiger partial charge in [0, 0.05) is 11.3 Å². The van der Waals surface area contributed by atoms with Gasteiger partial charge in [0.1, 0.15) is 17.0 Å². The van der Waals surface area contributed by atoms with E-state index in [0.717, 1.165) is 6.26 Å². The number of benzene rings is 3. The summed E-state index contributed by atoms with van der Waals surface area (Å²) in [5.41, 5.74) is 1.49. The van der Waals surface area contributed by atoms with Crippen LogP contribution < -0.4 is 14.9 Å². The summed E-state index contributed by atoms with van der Waals surface area (Å²) in [6, 6.07) is 18.5. The quantitative estimate of drug-likeness (QED) is 0.339. The molecule has 0 aliphatic rings. The lowest BCUT2D eigenvalue weighted by Gasteiger charge is -2.11. The number of nitrogens with zero attached hydrogens (tertiary/aromatic N) is 2. The fourth-order valence-corrected chi connectivity index (χ4v) is 4.10. The van der Waals surface area contributed by atoms with E-state index in [-0.39, 0.29) is 41.1 Å². The highest BCUT2D eigenvalue weighted by molar-refractivity contribution is 7.92. The Hall–Kier alpha value is -4.51. The first-order chi connectivity index (χ1) is 17.3. The Balaban J connectivity index is 1.48. The number of para-hydroxylation sites is 1. The molecule has 0 unspecified atom stereocenters. The molecule has 2 heterocycles. The Morgan fingerprint density at radius 3 is 2.33 bits per heavy atom. The highest BCUT2D eigenvalue weighted by Gasteiger charge is 2.19. The third kappa shape index (κ3) is 4.96. The molecule has 0 spiro atoms. The third-order valence-corrected chi connectivity index (χ3v) is 5.73. The van der Waals surface area contributed by atoms with Gasteiger partial charge in [0.05, 0.1) is 11.6 Å². The van der Waals surface area contributed by atoms with Crippen LogP contribution in [0.3, 0.4) is 0 Å². The van der Waals surface area contributed by atoms with E-state index in [2.05, 4.69) is 14.9 Å². The third-order valence-electron chi connectivity index (χ3n) is 5.13. The molecule has 5 aromatic rings.